The number of carbonyl (C=O) groups excluding carboxylic acids is 1. The Hall–Kier alpha value is -0.570. The zero-order chi connectivity index (χ0) is 15.3. The number of ether oxygens (including phenoxy) is 2. The van der Waals surface area contributed by atoms with Gasteiger partial charge >= 0.3 is 5.97 Å². The first-order valence-electron chi connectivity index (χ1n) is 7.79. The molecule has 0 radical (unpaired) electrons. The van der Waals surface area contributed by atoms with Crippen molar-refractivity contribution in [2.75, 3.05) is 46.5 Å². The molecule has 7 heteroatoms. The first-order valence-corrected chi connectivity index (χ1v) is 7.79. The number of methoxy groups -OCH3 is 1. The number of rotatable bonds is 4. The predicted octanol–water partition coefficient (Wildman–Crippen LogP) is 1.49. The highest BCUT2D eigenvalue weighted by molar-refractivity contribution is 14.0. The number of hydrogen-bond acceptors (Lipinski definition) is 4. The number of halogens is 1. The van der Waals surface area contributed by atoms with Crippen molar-refractivity contribution >= 4 is 35.9 Å². The molecule has 0 aromatic heterocycles. The van der Waals surface area contributed by atoms with E-state index in [1.165, 1.54) is 7.11 Å². The smallest absolute Gasteiger partial charge is 0.310 e. The molecule has 1 N–H and O–H groups in total. The fourth-order valence-corrected chi connectivity index (χ4v) is 3.01. The Morgan fingerprint density at radius 2 is 2.27 bits per heavy atom. The SMILES string of the molecule is CCNC(=NCC(C)C(=O)OC)N1CCC2(CCOC2)C1.I. The number of esters is 1. The molecule has 2 atom stereocenters. The average Bonchev–Trinajstić information content (AvgIpc) is 3.13. The van der Waals surface area contributed by atoms with E-state index in [1.807, 2.05) is 6.92 Å². The third-order valence-electron chi connectivity index (χ3n) is 4.38. The van der Waals surface area contributed by atoms with Gasteiger partial charge in [0.2, 0.25) is 0 Å². The van der Waals surface area contributed by atoms with Crippen LogP contribution in [0.3, 0.4) is 0 Å². The lowest BCUT2D eigenvalue weighted by Crippen LogP contribution is -2.41. The summed E-state index contributed by atoms with van der Waals surface area (Å²) < 4.78 is 10.3. The van der Waals surface area contributed by atoms with E-state index in [1.54, 1.807) is 0 Å². The van der Waals surface area contributed by atoms with Crippen LogP contribution < -0.4 is 5.32 Å². The molecule has 2 fully saturated rings. The second kappa shape index (κ2) is 8.90. The Kier molecular flexibility index (Phi) is 7.88. The minimum Gasteiger partial charge on any atom is -0.469 e. The topological polar surface area (TPSA) is 63.2 Å². The van der Waals surface area contributed by atoms with Gasteiger partial charge in [-0.3, -0.25) is 9.79 Å². The summed E-state index contributed by atoms with van der Waals surface area (Å²) in [6, 6.07) is 0. The molecule has 1 spiro atoms. The number of nitrogens with one attached hydrogen (secondary N) is 1. The van der Waals surface area contributed by atoms with Gasteiger partial charge in [0.25, 0.3) is 0 Å². The highest BCUT2D eigenvalue weighted by atomic mass is 127. The molecule has 22 heavy (non-hydrogen) atoms. The zero-order valence-corrected chi connectivity index (χ0v) is 16.1. The van der Waals surface area contributed by atoms with Gasteiger partial charge in [-0.05, 0) is 19.8 Å². The first kappa shape index (κ1) is 19.5. The van der Waals surface area contributed by atoms with Gasteiger partial charge in [-0.25, -0.2) is 0 Å². The van der Waals surface area contributed by atoms with Crippen molar-refractivity contribution in [2.45, 2.75) is 26.7 Å². The summed E-state index contributed by atoms with van der Waals surface area (Å²) in [5, 5.41) is 3.33. The van der Waals surface area contributed by atoms with E-state index >= 15 is 0 Å². The summed E-state index contributed by atoms with van der Waals surface area (Å²) in [5.41, 5.74) is 0.310. The van der Waals surface area contributed by atoms with Gasteiger partial charge in [-0.1, -0.05) is 6.92 Å². The summed E-state index contributed by atoms with van der Waals surface area (Å²) in [7, 11) is 1.41. The lowest BCUT2D eigenvalue weighted by Gasteiger charge is -2.25. The Labute approximate surface area is 150 Å². The molecule has 2 unspecified atom stereocenters. The fraction of sp³-hybridized carbons (Fsp3) is 0.867. The van der Waals surface area contributed by atoms with Crippen LogP contribution in [0.15, 0.2) is 4.99 Å². The van der Waals surface area contributed by atoms with Crippen LogP contribution in [-0.2, 0) is 14.3 Å². The summed E-state index contributed by atoms with van der Waals surface area (Å²) in [6.45, 7) is 8.91. The lowest BCUT2D eigenvalue weighted by molar-refractivity contribution is -0.144. The zero-order valence-electron chi connectivity index (χ0n) is 13.8. The van der Waals surface area contributed by atoms with Gasteiger partial charge in [0, 0.05) is 31.7 Å². The van der Waals surface area contributed by atoms with Gasteiger partial charge in [-0.15, -0.1) is 24.0 Å². The second-order valence-corrected chi connectivity index (χ2v) is 6.09. The maximum Gasteiger partial charge on any atom is 0.310 e. The van der Waals surface area contributed by atoms with Crippen LogP contribution in [0.1, 0.15) is 26.7 Å². The van der Waals surface area contributed by atoms with Gasteiger partial charge in [0.1, 0.15) is 0 Å². The third-order valence-corrected chi connectivity index (χ3v) is 4.38. The van der Waals surface area contributed by atoms with Crippen molar-refractivity contribution in [3.63, 3.8) is 0 Å². The number of nitrogens with zero attached hydrogens (tertiary/aromatic N) is 2. The molecule has 2 saturated heterocycles. The molecule has 0 aromatic rings. The van der Waals surface area contributed by atoms with Crippen molar-refractivity contribution in [2.24, 2.45) is 16.3 Å². The van der Waals surface area contributed by atoms with Gasteiger partial charge in [-0.2, -0.15) is 0 Å². The molecule has 2 rings (SSSR count). The summed E-state index contributed by atoms with van der Waals surface area (Å²) in [6.07, 6.45) is 2.30. The Morgan fingerprint density at radius 3 is 2.86 bits per heavy atom. The van der Waals surface area contributed by atoms with E-state index in [0.717, 1.165) is 51.6 Å². The monoisotopic (exact) mass is 425 g/mol. The summed E-state index contributed by atoms with van der Waals surface area (Å²) in [5.74, 6) is 0.476. The van der Waals surface area contributed by atoms with Crippen molar-refractivity contribution < 1.29 is 14.3 Å². The van der Waals surface area contributed by atoms with Crippen LogP contribution in [0.4, 0.5) is 0 Å². The molecule has 6 nitrogen and oxygen atoms in total. The standard InChI is InChI=1S/C15H27N3O3.HI/c1-4-16-14(17-9-12(2)13(19)20-3)18-7-5-15(10-18)6-8-21-11-15;/h12H,4-11H2,1-3H3,(H,16,17);1H. The molecule has 0 saturated carbocycles. The molecule has 0 bridgehead atoms. The minimum absolute atomic E-state index is 0. The van der Waals surface area contributed by atoms with E-state index in [2.05, 4.69) is 22.1 Å². The van der Waals surface area contributed by atoms with Crippen LogP contribution in [0.25, 0.3) is 0 Å². The average molecular weight is 425 g/mol. The largest absolute Gasteiger partial charge is 0.469 e. The lowest BCUT2D eigenvalue weighted by atomic mass is 9.87. The van der Waals surface area contributed by atoms with Crippen LogP contribution in [-0.4, -0.2) is 63.3 Å². The third kappa shape index (κ3) is 4.71. The number of aliphatic imine (C=N–C) groups is 1. The van der Waals surface area contributed by atoms with Crippen LogP contribution in [0, 0.1) is 11.3 Å². The Bertz CT molecular complexity index is 397. The molecule has 0 aromatic carbocycles. The predicted molar refractivity (Wildman–Crippen MR) is 96.6 cm³/mol. The molecule has 2 heterocycles. The maximum atomic E-state index is 11.5. The normalized spacial score (nSPS) is 26.0. The molecule has 2 aliphatic rings. The molecular formula is C15H28IN3O3. The molecule has 2 aliphatic heterocycles. The van der Waals surface area contributed by atoms with E-state index in [9.17, 15) is 4.79 Å². The highest BCUT2D eigenvalue weighted by Gasteiger charge is 2.42. The molecular weight excluding hydrogens is 397 g/mol. The first-order chi connectivity index (χ1) is 10.1. The summed E-state index contributed by atoms with van der Waals surface area (Å²) >= 11 is 0. The van der Waals surface area contributed by atoms with Crippen molar-refractivity contribution in [3.05, 3.63) is 0 Å². The highest BCUT2D eigenvalue weighted by Crippen LogP contribution is 2.38. The van der Waals surface area contributed by atoms with Gasteiger partial charge in [0.05, 0.1) is 26.2 Å². The molecule has 0 amide bonds. The quantitative estimate of drug-likeness (QED) is 0.320. The fourth-order valence-electron chi connectivity index (χ4n) is 3.01. The number of likely N-dealkylation sites (tertiary alicyclic amines) is 1. The van der Waals surface area contributed by atoms with Crippen molar-refractivity contribution in [3.8, 4) is 0 Å². The number of carbonyl (C=O) groups is 1. The Morgan fingerprint density at radius 1 is 1.50 bits per heavy atom. The maximum absolute atomic E-state index is 11.5. The van der Waals surface area contributed by atoms with Crippen LogP contribution in [0.2, 0.25) is 0 Å². The van der Waals surface area contributed by atoms with E-state index in [0.29, 0.717) is 12.0 Å². The summed E-state index contributed by atoms with van der Waals surface area (Å²) in [4.78, 5) is 18.4. The van der Waals surface area contributed by atoms with Crippen molar-refractivity contribution in [1.82, 2.24) is 10.2 Å². The van der Waals surface area contributed by atoms with Crippen molar-refractivity contribution in [1.29, 1.82) is 0 Å². The Balaban J connectivity index is 0.00000242. The number of guanidine groups is 1. The van der Waals surface area contributed by atoms with Crippen LogP contribution >= 0.6 is 24.0 Å². The van der Waals surface area contributed by atoms with Crippen LogP contribution in [0.5, 0.6) is 0 Å². The molecule has 128 valence electrons. The van der Waals surface area contributed by atoms with E-state index in [-0.39, 0.29) is 35.9 Å². The second-order valence-electron chi connectivity index (χ2n) is 6.09. The van der Waals surface area contributed by atoms with E-state index < -0.39 is 0 Å². The minimum atomic E-state index is -0.213. The molecule has 0 aliphatic carbocycles. The van der Waals surface area contributed by atoms with Gasteiger partial charge in [0.15, 0.2) is 5.96 Å². The van der Waals surface area contributed by atoms with E-state index in [4.69, 9.17) is 9.47 Å². The van der Waals surface area contributed by atoms with Gasteiger partial charge < -0.3 is 19.7 Å². The number of hydrogen-bond donors (Lipinski definition) is 1.